The van der Waals surface area contributed by atoms with Crippen LogP contribution in [0.1, 0.15) is 13.3 Å². The molecule has 0 atom stereocenters. The van der Waals surface area contributed by atoms with Gasteiger partial charge in [-0.2, -0.15) is 13.2 Å². The van der Waals surface area contributed by atoms with E-state index >= 15 is 0 Å². The fourth-order valence-corrected chi connectivity index (χ4v) is 0.677. The van der Waals surface area contributed by atoms with Crippen LogP contribution in [0.15, 0.2) is 36.1 Å². The van der Waals surface area contributed by atoms with Gasteiger partial charge < -0.3 is 10.3 Å². The van der Waals surface area contributed by atoms with Gasteiger partial charge in [-0.1, -0.05) is 24.3 Å². The molecule has 0 amide bonds. The molecular formula is C10H13F3NO-. The minimum Gasteiger partial charge on any atom is -0.758 e. The van der Waals surface area contributed by atoms with Crippen LogP contribution in [0.2, 0.25) is 0 Å². The van der Waals surface area contributed by atoms with Crippen LogP contribution < -0.4 is 0 Å². The van der Waals surface area contributed by atoms with Gasteiger partial charge >= 0.3 is 6.18 Å². The maximum atomic E-state index is 11.8. The van der Waals surface area contributed by atoms with Crippen LogP contribution in [0.25, 0.3) is 0 Å². The second-order valence-electron chi connectivity index (χ2n) is 3.09. The monoisotopic (exact) mass is 220 g/mol. The van der Waals surface area contributed by atoms with Crippen LogP contribution in [0.4, 0.5) is 13.2 Å². The van der Waals surface area contributed by atoms with E-state index in [1.54, 1.807) is 0 Å². The van der Waals surface area contributed by atoms with Gasteiger partial charge in [0.25, 0.3) is 0 Å². The summed E-state index contributed by atoms with van der Waals surface area (Å²) in [5.41, 5.74) is 0.630. The summed E-state index contributed by atoms with van der Waals surface area (Å²) >= 11 is 0. The molecule has 0 fully saturated rings. The average molecular weight is 220 g/mol. The summed E-state index contributed by atoms with van der Waals surface area (Å²) in [6.45, 7) is 4.94. The molecule has 0 aliphatic rings. The average Bonchev–Trinajstić information content (AvgIpc) is 2.09. The molecule has 86 valence electrons. The van der Waals surface area contributed by atoms with Crippen molar-refractivity contribution in [2.24, 2.45) is 0 Å². The van der Waals surface area contributed by atoms with Crippen molar-refractivity contribution in [3.63, 3.8) is 0 Å². The van der Waals surface area contributed by atoms with E-state index in [1.165, 1.54) is 26.1 Å². The van der Waals surface area contributed by atoms with Crippen molar-refractivity contribution in [1.82, 2.24) is 5.06 Å². The van der Waals surface area contributed by atoms with Crippen LogP contribution in [0.5, 0.6) is 0 Å². The highest BCUT2D eigenvalue weighted by Gasteiger charge is 2.24. The number of alkyl halides is 3. The number of hydrogen-bond acceptors (Lipinski definition) is 2. The normalized spacial score (nSPS) is 13.3. The fraction of sp³-hybridized carbons (Fsp3) is 0.400. The van der Waals surface area contributed by atoms with Crippen molar-refractivity contribution in [3.8, 4) is 0 Å². The van der Waals surface area contributed by atoms with Crippen LogP contribution >= 0.6 is 0 Å². The fourth-order valence-electron chi connectivity index (χ4n) is 0.677. The molecule has 0 aliphatic heterocycles. The second kappa shape index (κ2) is 5.60. The van der Waals surface area contributed by atoms with E-state index in [9.17, 15) is 18.4 Å². The van der Waals surface area contributed by atoms with Gasteiger partial charge in [-0.25, -0.2) is 0 Å². The van der Waals surface area contributed by atoms with E-state index in [2.05, 4.69) is 6.58 Å². The van der Waals surface area contributed by atoms with Crippen molar-refractivity contribution in [2.45, 2.75) is 19.5 Å². The third-order valence-electron chi connectivity index (χ3n) is 1.60. The van der Waals surface area contributed by atoms with Crippen molar-refractivity contribution >= 4 is 0 Å². The Balaban J connectivity index is 4.24. The van der Waals surface area contributed by atoms with E-state index in [1.807, 2.05) is 0 Å². The molecule has 0 aromatic heterocycles. The lowest BCUT2D eigenvalue weighted by atomic mass is 10.2. The molecule has 5 heteroatoms. The van der Waals surface area contributed by atoms with Gasteiger partial charge in [-0.3, -0.25) is 0 Å². The first-order valence-corrected chi connectivity index (χ1v) is 4.24. The molecule has 0 N–H and O–H groups in total. The summed E-state index contributed by atoms with van der Waals surface area (Å²) in [6.07, 6.45) is -1.32. The van der Waals surface area contributed by atoms with Crippen LogP contribution in [0, 0.1) is 5.21 Å². The number of nitrogens with zero attached hydrogens (tertiary/aromatic N) is 1. The molecule has 0 radical (unpaired) electrons. The molecule has 0 saturated carbocycles. The molecule has 15 heavy (non-hydrogen) atoms. The zero-order valence-electron chi connectivity index (χ0n) is 8.64. The first kappa shape index (κ1) is 13.8. The Kier molecular flexibility index (Phi) is 5.14. The molecule has 0 aromatic carbocycles. The van der Waals surface area contributed by atoms with Crippen molar-refractivity contribution in [3.05, 3.63) is 41.3 Å². The number of hydrogen-bond donors (Lipinski definition) is 0. The molecule has 0 heterocycles. The molecule has 0 aliphatic carbocycles. The molecule has 2 nitrogen and oxygen atoms in total. The summed E-state index contributed by atoms with van der Waals surface area (Å²) < 4.78 is 35.4. The summed E-state index contributed by atoms with van der Waals surface area (Å²) in [5.74, 6) is 0. The largest absolute Gasteiger partial charge is 0.758 e. The maximum Gasteiger partial charge on any atom is 0.392 e. The zero-order valence-corrected chi connectivity index (χ0v) is 8.64. The third-order valence-corrected chi connectivity index (χ3v) is 1.60. The van der Waals surface area contributed by atoms with E-state index in [0.717, 1.165) is 6.08 Å². The predicted octanol–water partition coefficient (Wildman–Crippen LogP) is 3.38. The highest BCUT2D eigenvalue weighted by Crippen LogP contribution is 2.20. The van der Waals surface area contributed by atoms with Gasteiger partial charge in [0.2, 0.25) is 0 Å². The maximum absolute atomic E-state index is 11.8. The third kappa shape index (κ3) is 7.81. The molecular weight excluding hydrogens is 207 g/mol. The van der Waals surface area contributed by atoms with Gasteiger partial charge in [0, 0.05) is 5.70 Å². The number of hydroxylamine groups is 2. The molecule has 0 unspecified atom stereocenters. The predicted molar refractivity (Wildman–Crippen MR) is 53.8 cm³/mol. The molecule has 0 bridgehead atoms. The van der Waals surface area contributed by atoms with Crippen molar-refractivity contribution in [1.29, 1.82) is 0 Å². The molecule has 0 rings (SSSR count). The lowest BCUT2D eigenvalue weighted by Gasteiger charge is -2.24. The minimum atomic E-state index is -4.19. The second-order valence-corrected chi connectivity index (χ2v) is 3.09. The highest BCUT2D eigenvalue weighted by atomic mass is 19.4. The topological polar surface area (TPSA) is 26.3 Å². The lowest BCUT2D eigenvalue weighted by Crippen LogP contribution is -2.05. The quantitative estimate of drug-likeness (QED) is 0.536. The summed E-state index contributed by atoms with van der Waals surface area (Å²) in [7, 11) is 1.27. The van der Waals surface area contributed by atoms with Crippen LogP contribution in [0.3, 0.4) is 0 Å². The van der Waals surface area contributed by atoms with E-state index in [0.29, 0.717) is 10.6 Å². The standard InChI is InChI=1S/C10H13F3NO/c1-8(6-7-10(11,12)13)4-5-9(2)14(3)15/h4-6H,2,7H2,1,3H3/q-1/b5-4-,8-6-. The van der Waals surface area contributed by atoms with Gasteiger partial charge in [-0.05, 0) is 20.0 Å². The van der Waals surface area contributed by atoms with Crippen molar-refractivity contribution < 1.29 is 13.2 Å². The smallest absolute Gasteiger partial charge is 0.392 e. The van der Waals surface area contributed by atoms with Gasteiger partial charge in [0.05, 0.1) is 6.42 Å². The Morgan fingerprint density at radius 3 is 2.33 bits per heavy atom. The summed E-state index contributed by atoms with van der Waals surface area (Å²) in [5, 5.41) is 11.2. The summed E-state index contributed by atoms with van der Waals surface area (Å²) in [6, 6.07) is 0. The Hall–Kier alpha value is -1.23. The Labute approximate surface area is 87.0 Å². The van der Waals surface area contributed by atoms with E-state index < -0.39 is 12.6 Å². The Morgan fingerprint density at radius 1 is 1.40 bits per heavy atom. The van der Waals surface area contributed by atoms with Crippen molar-refractivity contribution in [2.75, 3.05) is 7.05 Å². The SMILES string of the molecule is C=C(/C=C\C(C)=C/CC(F)(F)F)N(C)[O-]. The summed E-state index contributed by atoms with van der Waals surface area (Å²) in [4.78, 5) is 0. The van der Waals surface area contributed by atoms with Crippen LogP contribution in [-0.2, 0) is 0 Å². The number of likely N-dealkylation sites (N-methyl/N-ethyl adjacent to an activating group) is 1. The van der Waals surface area contributed by atoms with Crippen LogP contribution in [-0.4, -0.2) is 18.3 Å². The first-order valence-electron chi connectivity index (χ1n) is 4.24. The molecule has 0 spiro atoms. The number of allylic oxidation sites excluding steroid dienone is 4. The van der Waals surface area contributed by atoms with Gasteiger partial charge in [-0.15, -0.1) is 0 Å². The van der Waals surface area contributed by atoms with E-state index in [-0.39, 0.29) is 5.70 Å². The highest BCUT2D eigenvalue weighted by molar-refractivity contribution is 5.24. The van der Waals surface area contributed by atoms with E-state index in [4.69, 9.17) is 0 Å². The molecule has 0 saturated heterocycles. The lowest BCUT2D eigenvalue weighted by molar-refractivity contribution is -0.125. The Morgan fingerprint density at radius 2 is 1.93 bits per heavy atom. The number of rotatable bonds is 4. The Bertz CT molecular complexity index is 277. The van der Waals surface area contributed by atoms with Gasteiger partial charge in [0.1, 0.15) is 0 Å². The first-order chi connectivity index (χ1) is 6.72. The number of halogens is 3. The minimum absolute atomic E-state index is 0.190. The molecule has 0 aromatic rings. The van der Waals surface area contributed by atoms with Gasteiger partial charge in [0.15, 0.2) is 0 Å². The zero-order chi connectivity index (χ0) is 12.1.